The summed E-state index contributed by atoms with van der Waals surface area (Å²) in [7, 11) is 0. The van der Waals surface area contributed by atoms with Crippen molar-refractivity contribution in [2.75, 3.05) is 6.54 Å². The molecule has 0 unspecified atom stereocenters. The molecule has 0 bridgehead atoms. The summed E-state index contributed by atoms with van der Waals surface area (Å²) in [6, 6.07) is -0.181. The second-order valence-corrected chi connectivity index (χ2v) is 13.9. The Labute approximate surface area is 321 Å². The minimum Gasteiger partial charge on any atom is -0.480 e. The van der Waals surface area contributed by atoms with Gasteiger partial charge in [-0.05, 0) is 70.9 Å². The third kappa shape index (κ3) is 18.2. The molecule has 0 radical (unpaired) electrons. The van der Waals surface area contributed by atoms with Gasteiger partial charge in [0.25, 0.3) is 0 Å². The quantitative estimate of drug-likeness (QED) is 0.0456. The van der Waals surface area contributed by atoms with Gasteiger partial charge in [-0.15, -0.1) is 0 Å². The lowest BCUT2D eigenvalue weighted by atomic mass is 10.0. The van der Waals surface area contributed by atoms with Crippen LogP contribution in [-0.4, -0.2) is 112 Å². The predicted octanol–water partition coefficient (Wildman–Crippen LogP) is -2.59. The van der Waals surface area contributed by atoms with Gasteiger partial charge in [0.2, 0.25) is 41.4 Å². The zero-order valence-electron chi connectivity index (χ0n) is 32.1. The number of hydrogen-bond acceptors (Lipinski definition) is 11. The summed E-state index contributed by atoms with van der Waals surface area (Å²) in [5.74, 6) is -6.76. The van der Waals surface area contributed by atoms with Crippen LogP contribution in [0.25, 0.3) is 0 Å². The minimum atomic E-state index is -1.63. The number of primary amides is 1. The lowest BCUT2D eigenvalue weighted by molar-refractivity contribution is -0.145. The molecule has 0 heterocycles. The molecule has 0 saturated heterocycles. The van der Waals surface area contributed by atoms with E-state index in [4.69, 9.17) is 17.2 Å². The van der Waals surface area contributed by atoms with Crippen molar-refractivity contribution in [3.8, 4) is 0 Å². The normalized spacial score (nSPS) is 15.4. The van der Waals surface area contributed by atoms with Crippen LogP contribution in [0.3, 0.4) is 0 Å². The predicted molar refractivity (Wildman–Crippen MR) is 201 cm³/mol. The van der Waals surface area contributed by atoms with Crippen LogP contribution >= 0.6 is 0 Å². The number of rotatable bonds is 25. The van der Waals surface area contributed by atoms with E-state index in [2.05, 4.69) is 31.9 Å². The largest absolute Gasteiger partial charge is 0.480 e. The van der Waals surface area contributed by atoms with Gasteiger partial charge in [-0.25, -0.2) is 4.79 Å². The van der Waals surface area contributed by atoms with E-state index in [1.807, 2.05) is 13.8 Å². The van der Waals surface area contributed by atoms with Crippen LogP contribution in [0.4, 0.5) is 0 Å². The van der Waals surface area contributed by atoms with Crippen molar-refractivity contribution < 1.29 is 48.6 Å². The molecule has 1 aromatic carbocycles. The smallest absolute Gasteiger partial charge is 0.328 e. The number of unbranched alkanes of at least 4 members (excludes halogenated alkanes) is 1. The topological polar surface area (TPSA) is 327 Å². The number of carboxylic acid groups (broad SMARTS) is 1. The molecule has 55 heavy (non-hydrogen) atoms. The van der Waals surface area contributed by atoms with Crippen LogP contribution in [0.2, 0.25) is 0 Å². The Morgan fingerprint density at radius 3 is 1.64 bits per heavy atom. The number of carbonyl (C=O) groups excluding carboxylic acids is 7. The van der Waals surface area contributed by atoms with Crippen LogP contribution < -0.4 is 49.1 Å². The molecular weight excluding hydrogens is 718 g/mol. The van der Waals surface area contributed by atoms with E-state index in [0.717, 1.165) is 0 Å². The Balaban J connectivity index is 3.22. The SMILES string of the molecule is CC(C)C[C@H](N)C(=O)N[C@@H](CCC(N)=O)C(=O)N[C@@H](C)C(=O)N[C@@H](Cc1ccccc1)C(=O)N[C@@H](CCCCN)C(=O)N[C@@H](C)C(=O)N[C@H](C(=O)O)[C@@H](C)O. The van der Waals surface area contributed by atoms with E-state index < -0.39 is 95.7 Å². The zero-order chi connectivity index (χ0) is 41.8. The highest BCUT2D eigenvalue weighted by molar-refractivity contribution is 5.97. The summed E-state index contributed by atoms with van der Waals surface area (Å²) >= 11 is 0. The fourth-order valence-electron chi connectivity index (χ4n) is 5.26. The van der Waals surface area contributed by atoms with E-state index >= 15 is 0 Å². The molecule has 1 aromatic rings. The van der Waals surface area contributed by atoms with E-state index in [9.17, 15) is 48.6 Å². The summed E-state index contributed by atoms with van der Waals surface area (Å²) in [5.41, 5.74) is 17.5. The second kappa shape index (κ2) is 24.3. The molecule has 8 atom stereocenters. The number of carboxylic acids is 1. The highest BCUT2D eigenvalue weighted by Crippen LogP contribution is 2.09. The number of nitrogens with two attached hydrogens (primary N) is 3. The summed E-state index contributed by atoms with van der Waals surface area (Å²) in [5, 5.41) is 33.9. The lowest BCUT2D eigenvalue weighted by Crippen LogP contribution is -2.59. The molecule has 0 aliphatic rings. The molecule has 1 rings (SSSR count). The third-order valence-corrected chi connectivity index (χ3v) is 8.42. The summed E-state index contributed by atoms with van der Waals surface area (Å²) < 4.78 is 0. The van der Waals surface area contributed by atoms with E-state index in [1.165, 1.54) is 20.8 Å². The standard InChI is InChI=1S/C36H59N9O10/c1-19(2)17-24(38)32(50)42-26(14-15-28(39)47)34(52)40-20(3)30(48)44-27(18-23-11-7-6-8-12-23)35(53)43-25(13-9-10-16-37)33(51)41-21(4)31(49)45-29(22(5)46)36(54)55/h6-8,11-12,19-22,24-27,29,46H,9-10,13-18,37-38H2,1-5H3,(H2,39,47)(H,40,52)(H,41,51)(H,42,50)(H,43,53)(H,44,48)(H,45,49)(H,54,55)/t20-,21-,22+,24-,25-,26-,27-,29-/m0/s1. The van der Waals surface area contributed by atoms with Gasteiger partial charge in [0.05, 0.1) is 12.1 Å². The van der Waals surface area contributed by atoms with E-state index in [-0.39, 0.29) is 31.6 Å². The molecule has 14 N–H and O–H groups in total. The summed E-state index contributed by atoms with van der Waals surface area (Å²) in [6.45, 7) is 7.87. The Morgan fingerprint density at radius 2 is 1.15 bits per heavy atom. The van der Waals surface area contributed by atoms with Gasteiger partial charge < -0.3 is 59.3 Å². The van der Waals surface area contributed by atoms with Crippen molar-refractivity contribution in [1.82, 2.24) is 31.9 Å². The highest BCUT2D eigenvalue weighted by Gasteiger charge is 2.32. The van der Waals surface area contributed by atoms with Crippen LogP contribution in [0.1, 0.15) is 78.7 Å². The van der Waals surface area contributed by atoms with Gasteiger partial charge in [-0.3, -0.25) is 33.6 Å². The first kappa shape index (κ1) is 47.9. The zero-order valence-corrected chi connectivity index (χ0v) is 32.1. The van der Waals surface area contributed by atoms with Crippen molar-refractivity contribution in [2.45, 2.75) is 128 Å². The van der Waals surface area contributed by atoms with Crippen LogP contribution in [0, 0.1) is 5.92 Å². The fraction of sp³-hybridized carbons (Fsp3) is 0.611. The number of nitrogens with one attached hydrogen (secondary N) is 6. The van der Waals surface area contributed by atoms with Gasteiger partial charge in [0, 0.05) is 12.8 Å². The van der Waals surface area contributed by atoms with Gasteiger partial charge in [-0.1, -0.05) is 44.2 Å². The van der Waals surface area contributed by atoms with Crippen molar-refractivity contribution in [3.63, 3.8) is 0 Å². The Bertz CT molecular complexity index is 1460. The molecule has 0 aliphatic carbocycles. The maximum atomic E-state index is 13.8. The number of benzene rings is 1. The monoisotopic (exact) mass is 777 g/mol. The Kier molecular flexibility index (Phi) is 21.2. The first-order chi connectivity index (χ1) is 25.8. The first-order valence-electron chi connectivity index (χ1n) is 18.3. The molecular formula is C36H59N9O10. The summed E-state index contributed by atoms with van der Waals surface area (Å²) in [6.07, 6.45) is -0.551. The number of aliphatic hydroxyl groups excluding tert-OH is 1. The number of aliphatic carboxylic acids is 1. The molecule has 0 saturated carbocycles. The average Bonchev–Trinajstić information content (AvgIpc) is 3.10. The molecule has 0 fully saturated rings. The van der Waals surface area contributed by atoms with Gasteiger partial charge in [0.1, 0.15) is 30.2 Å². The van der Waals surface area contributed by atoms with Gasteiger partial charge in [0.15, 0.2) is 6.04 Å². The lowest BCUT2D eigenvalue weighted by Gasteiger charge is -2.26. The number of amides is 7. The molecule has 0 aliphatic heterocycles. The maximum Gasteiger partial charge on any atom is 0.328 e. The van der Waals surface area contributed by atoms with Crippen LogP contribution in [0.15, 0.2) is 30.3 Å². The average molecular weight is 778 g/mol. The van der Waals surface area contributed by atoms with Crippen LogP contribution in [0.5, 0.6) is 0 Å². The Morgan fingerprint density at radius 1 is 0.655 bits per heavy atom. The van der Waals surface area contributed by atoms with Crippen molar-refractivity contribution in [1.29, 1.82) is 0 Å². The molecule has 19 nitrogen and oxygen atoms in total. The van der Waals surface area contributed by atoms with E-state index in [1.54, 1.807) is 30.3 Å². The van der Waals surface area contributed by atoms with Crippen molar-refractivity contribution in [2.24, 2.45) is 23.1 Å². The minimum absolute atomic E-state index is 0.0318. The highest BCUT2D eigenvalue weighted by atomic mass is 16.4. The molecule has 308 valence electrons. The molecule has 0 aromatic heterocycles. The molecule has 0 spiro atoms. The van der Waals surface area contributed by atoms with Gasteiger partial charge >= 0.3 is 5.97 Å². The van der Waals surface area contributed by atoms with Crippen molar-refractivity contribution >= 4 is 47.3 Å². The van der Waals surface area contributed by atoms with Crippen LogP contribution in [-0.2, 0) is 44.8 Å². The molecule has 19 heteroatoms. The second-order valence-electron chi connectivity index (χ2n) is 13.9. The van der Waals surface area contributed by atoms with E-state index in [0.29, 0.717) is 31.4 Å². The Hall–Kier alpha value is -5.14. The molecule has 7 amide bonds. The first-order valence-corrected chi connectivity index (χ1v) is 18.3. The maximum absolute atomic E-state index is 13.8. The summed E-state index contributed by atoms with van der Waals surface area (Å²) in [4.78, 5) is 102. The third-order valence-electron chi connectivity index (χ3n) is 8.42. The fourth-order valence-corrected chi connectivity index (χ4v) is 5.26. The van der Waals surface area contributed by atoms with Crippen molar-refractivity contribution in [3.05, 3.63) is 35.9 Å². The van der Waals surface area contributed by atoms with Gasteiger partial charge in [-0.2, -0.15) is 0 Å². The number of hydrogen-bond donors (Lipinski definition) is 11. The number of carbonyl (C=O) groups is 8. The number of aliphatic hydroxyl groups is 1.